The molecule has 1 aromatic heterocycles. The molecule has 1 atom stereocenters. The number of halogens is 2. The first-order valence-electron chi connectivity index (χ1n) is 6.94. The Bertz CT molecular complexity index is 737. The lowest BCUT2D eigenvalue weighted by Crippen LogP contribution is -2.42. The van der Waals surface area contributed by atoms with Gasteiger partial charge < -0.3 is 10.2 Å². The van der Waals surface area contributed by atoms with E-state index in [4.69, 9.17) is 11.6 Å². The maximum atomic E-state index is 13.5. The normalized spacial score (nSPS) is 17.6. The molecule has 7 nitrogen and oxygen atoms in total. The molecule has 0 saturated carbocycles. The fourth-order valence-electron chi connectivity index (χ4n) is 2.43. The van der Waals surface area contributed by atoms with Gasteiger partial charge in [0.25, 0.3) is 0 Å². The minimum absolute atomic E-state index is 0.00178. The van der Waals surface area contributed by atoms with E-state index < -0.39 is 11.9 Å². The van der Waals surface area contributed by atoms with E-state index in [9.17, 15) is 14.0 Å². The van der Waals surface area contributed by atoms with E-state index in [1.807, 2.05) is 0 Å². The molecule has 1 N–H and O–H groups in total. The zero-order valence-electron chi connectivity index (χ0n) is 11.9. The second-order valence-corrected chi connectivity index (χ2v) is 5.50. The summed E-state index contributed by atoms with van der Waals surface area (Å²) in [6, 6.07) is 3.54. The van der Waals surface area contributed by atoms with Gasteiger partial charge in [-0.3, -0.25) is 9.59 Å². The van der Waals surface area contributed by atoms with Crippen molar-refractivity contribution < 1.29 is 14.0 Å². The highest BCUT2D eigenvalue weighted by Crippen LogP contribution is 2.25. The van der Waals surface area contributed by atoms with Crippen LogP contribution in [0.2, 0.25) is 5.02 Å². The molecule has 1 aliphatic rings. The van der Waals surface area contributed by atoms with E-state index in [1.165, 1.54) is 27.9 Å². The first-order chi connectivity index (χ1) is 11.0. The molecule has 2 aromatic rings. The summed E-state index contributed by atoms with van der Waals surface area (Å²) in [5, 5.41) is 9.94. The Morgan fingerprint density at radius 1 is 1.48 bits per heavy atom. The van der Waals surface area contributed by atoms with Crippen molar-refractivity contribution in [1.82, 2.24) is 20.3 Å². The zero-order valence-corrected chi connectivity index (χ0v) is 12.7. The molecule has 120 valence electrons. The van der Waals surface area contributed by atoms with E-state index >= 15 is 0 Å². The standard InChI is InChI=1S/C14H13ClFN5O2/c15-10-2-1-9(7-11(10)16)21-5-3-12(14(21)23)18-13(22)8-20-6-4-17-19-20/h1-2,4,6-7,12H,3,5,8H2,(H,18,22)/t12-/m1/s1. The van der Waals surface area contributed by atoms with Crippen molar-refractivity contribution in [2.24, 2.45) is 0 Å². The van der Waals surface area contributed by atoms with Crippen molar-refractivity contribution in [2.45, 2.75) is 19.0 Å². The third-order valence-corrected chi connectivity index (χ3v) is 3.84. The van der Waals surface area contributed by atoms with Gasteiger partial charge >= 0.3 is 0 Å². The molecule has 0 spiro atoms. The Morgan fingerprint density at radius 3 is 3.00 bits per heavy atom. The predicted octanol–water partition coefficient (Wildman–Crippen LogP) is 0.992. The quantitative estimate of drug-likeness (QED) is 0.902. The molecule has 23 heavy (non-hydrogen) atoms. The average Bonchev–Trinajstić information content (AvgIpc) is 3.13. The first-order valence-corrected chi connectivity index (χ1v) is 7.32. The number of hydrogen-bond acceptors (Lipinski definition) is 4. The molecule has 2 amide bonds. The maximum Gasteiger partial charge on any atom is 0.249 e. The van der Waals surface area contributed by atoms with Gasteiger partial charge in [0, 0.05) is 18.4 Å². The summed E-state index contributed by atoms with van der Waals surface area (Å²) in [4.78, 5) is 25.7. The molecule has 0 bridgehead atoms. The summed E-state index contributed by atoms with van der Waals surface area (Å²) in [5.41, 5.74) is 0.421. The van der Waals surface area contributed by atoms with Crippen LogP contribution in [0.1, 0.15) is 6.42 Å². The summed E-state index contributed by atoms with van der Waals surface area (Å²) in [6.07, 6.45) is 3.47. The smallest absolute Gasteiger partial charge is 0.249 e. The zero-order chi connectivity index (χ0) is 16.4. The lowest BCUT2D eigenvalue weighted by atomic mass is 10.2. The van der Waals surface area contributed by atoms with Crippen molar-refractivity contribution in [1.29, 1.82) is 0 Å². The molecule has 1 aliphatic heterocycles. The van der Waals surface area contributed by atoms with Gasteiger partial charge in [0.15, 0.2) is 0 Å². The number of aromatic nitrogens is 3. The van der Waals surface area contributed by atoms with Crippen LogP contribution in [0.5, 0.6) is 0 Å². The van der Waals surface area contributed by atoms with Crippen LogP contribution in [0.25, 0.3) is 0 Å². The number of hydrogen-bond donors (Lipinski definition) is 1. The Hall–Kier alpha value is -2.48. The van der Waals surface area contributed by atoms with E-state index in [0.717, 1.165) is 0 Å². The Labute approximate surface area is 136 Å². The van der Waals surface area contributed by atoms with Crippen molar-refractivity contribution in [3.8, 4) is 0 Å². The summed E-state index contributed by atoms with van der Waals surface area (Å²) in [7, 11) is 0. The monoisotopic (exact) mass is 337 g/mol. The van der Waals surface area contributed by atoms with Crippen molar-refractivity contribution in [3.05, 3.63) is 41.4 Å². The first kappa shape index (κ1) is 15.4. The van der Waals surface area contributed by atoms with Gasteiger partial charge in [0.2, 0.25) is 11.8 Å². The van der Waals surface area contributed by atoms with Gasteiger partial charge in [-0.05, 0) is 24.6 Å². The Kier molecular flexibility index (Phi) is 4.24. The number of rotatable bonds is 4. The molecule has 1 fully saturated rings. The van der Waals surface area contributed by atoms with Crippen LogP contribution in [0.4, 0.5) is 10.1 Å². The second-order valence-electron chi connectivity index (χ2n) is 5.10. The fraction of sp³-hybridized carbons (Fsp3) is 0.286. The van der Waals surface area contributed by atoms with Gasteiger partial charge in [-0.25, -0.2) is 9.07 Å². The van der Waals surface area contributed by atoms with Crippen molar-refractivity contribution in [3.63, 3.8) is 0 Å². The number of benzene rings is 1. The molecular formula is C14H13ClFN5O2. The highest BCUT2D eigenvalue weighted by atomic mass is 35.5. The average molecular weight is 338 g/mol. The van der Waals surface area contributed by atoms with E-state index in [2.05, 4.69) is 15.6 Å². The number of carbonyl (C=O) groups excluding carboxylic acids is 2. The lowest BCUT2D eigenvalue weighted by molar-refractivity contribution is -0.127. The fourth-order valence-corrected chi connectivity index (χ4v) is 2.54. The Morgan fingerprint density at radius 2 is 2.30 bits per heavy atom. The van der Waals surface area contributed by atoms with Crippen LogP contribution in [-0.4, -0.2) is 39.4 Å². The third kappa shape index (κ3) is 3.31. The molecular weight excluding hydrogens is 325 g/mol. The summed E-state index contributed by atoms with van der Waals surface area (Å²) in [6.45, 7) is 0.382. The molecule has 1 saturated heterocycles. The number of amides is 2. The minimum atomic E-state index is -0.634. The third-order valence-electron chi connectivity index (χ3n) is 3.53. The van der Waals surface area contributed by atoms with Crippen LogP contribution >= 0.6 is 11.6 Å². The largest absolute Gasteiger partial charge is 0.343 e. The number of nitrogens with one attached hydrogen (secondary N) is 1. The van der Waals surface area contributed by atoms with Crippen LogP contribution in [0, 0.1) is 5.82 Å². The molecule has 0 aliphatic carbocycles. The van der Waals surface area contributed by atoms with E-state index in [1.54, 1.807) is 12.3 Å². The van der Waals surface area contributed by atoms with Crippen molar-refractivity contribution in [2.75, 3.05) is 11.4 Å². The van der Waals surface area contributed by atoms with Crippen molar-refractivity contribution >= 4 is 29.1 Å². The molecule has 0 radical (unpaired) electrons. The number of carbonyl (C=O) groups is 2. The lowest BCUT2D eigenvalue weighted by Gasteiger charge is -2.17. The van der Waals surface area contributed by atoms with Gasteiger partial charge in [0.1, 0.15) is 18.4 Å². The van der Waals surface area contributed by atoms with Gasteiger partial charge in [0.05, 0.1) is 11.2 Å². The molecule has 2 heterocycles. The second kappa shape index (κ2) is 6.33. The Balaban J connectivity index is 1.64. The molecule has 3 rings (SSSR count). The summed E-state index contributed by atoms with van der Waals surface area (Å²) >= 11 is 5.64. The van der Waals surface area contributed by atoms with Crippen LogP contribution < -0.4 is 10.2 Å². The summed E-state index contributed by atoms with van der Waals surface area (Å²) in [5.74, 6) is -1.20. The van der Waals surface area contributed by atoms with E-state index in [0.29, 0.717) is 18.7 Å². The maximum absolute atomic E-state index is 13.5. The van der Waals surface area contributed by atoms with Gasteiger partial charge in [-0.2, -0.15) is 0 Å². The van der Waals surface area contributed by atoms with Gasteiger partial charge in [-0.1, -0.05) is 16.8 Å². The van der Waals surface area contributed by atoms with Crippen LogP contribution in [0.3, 0.4) is 0 Å². The minimum Gasteiger partial charge on any atom is -0.343 e. The number of nitrogens with zero attached hydrogens (tertiary/aromatic N) is 4. The van der Waals surface area contributed by atoms with Crippen LogP contribution in [0.15, 0.2) is 30.6 Å². The molecule has 1 aromatic carbocycles. The SMILES string of the molecule is O=C(Cn1ccnn1)N[C@@H]1CCN(c2ccc(Cl)c(F)c2)C1=O. The highest BCUT2D eigenvalue weighted by molar-refractivity contribution is 6.30. The van der Waals surface area contributed by atoms with Crippen LogP contribution in [-0.2, 0) is 16.1 Å². The number of anilines is 1. The topological polar surface area (TPSA) is 80.1 Å². The molecule has 9 heteroatoms. The predicted molar refractivity (Wildman–Crippen MR) is 80.3 cm³/mol. The summed E-state index contributed by atoms with van der Waals surface area (Å²) < 4.78 is 14.9. The van der Waals surface area contributed by atoms with Gasteiger partial charge in [-0.15, -0.1) is 5.10 Å². The molecule has 0 unspecified atom stereocenters. The van der Waals surface area contributed by atoms with E-state index in [-0.39, 0.29) is 23.4 Å². The highest BCUT2D eigenvalue weighted by Gasteiger charge is 2.33.